The van der Waals surface area contributed by atoms with E-state index < -0.39 is 0 Å². The third kappa shape index (κ3) is 4.10. The number of nitrogens with one attached hydrogen (secondary N) is 1. The van der Waals surface area contributed by atoms with Gasteiger partial charge in [-0.1, -0.05) is 43.7 Å². The number of halogens is 1. The van der Waals surface area contributed by atoms with E-state index in [0.717, 1.165) is 37.9 Å². The van der Waals surface area contributed by atoms with Crippen molar-refractivity contribution < 1.29 is 9.13 Å². The van der Waals surface area contributed by atoms with Gasteiger partial charge in [-0.25, -0.2) is 4.39 Å². The van der Waals surface area contributed by atoms with E-state index in [2.05, 4.69) is 55.2 Å². The summed E-state index contributed by atoms with van der Waals surface area (Å²) in [6.45, 7) is 3.01. The van der Waals surface area contributed by atoms with E-state index in [1.165, 1.54) is 28.2 Å². The van der Waals surface area contributed by atoms with Crippen LogP contribution in [0.2, 0.25) is 0 Å². The molecule has 1 aliphatic rings. The monoisotopic (exact) mass is 394 g/mol. The van der Waals surface area contributed by atoms with Crippen LogP contribution in [0, 0.1) is 11.7 Å². The van der Waals surface area contributed by atoms with Gasteiger partial charge in [0.25, 0.3) is 0 Å². The number of hydrogen-bond donors (Lipinski definition) is 1. The molecule has 29 heavy (non-hydrogen) atoms. The number of rotatable bonds is 7. The maximum Gasteiger partial charge on any atom is 0.123 e. The number of para-hydroxylation sites is 1. The first-order valence-corrected chi connectivity index (χ1v) is 10.7. The van der Waals surface area contributed by atoms with Crippen LogP contribution in [0.3, 0.4) is 0 Å². The molecule has 1 aliphatic heterocycles. The largest absolute Gasteiger partial charge is 0.372 e. The van der Waals surface area contributed by atoms with E-state index in [-0.39, 0.29) is 18.0 Å². The molecule has 3 nitrogen and oxygen atoms in total. The van der Waals surface area contributed by atoms with Crippen LogP contribution in [0.15, 0.2) is 48.5 Å². The van der Waals surface area contributed by atoms with Crippen molar-refractivity contribution in [3.8, 4) is 0 Å². The van der Waals surface area contributed by atoms with Crippen molar-refractivity contribution >= 4 is 10.9 Å². The SMILES string of the molecule is CCC(CCC1OCCc2c1[nH]c1ccccc21)C(c1cccc(F)c1)N(C)C. The van der Waals surface area contributed by atoms with Crippen molar-refractivity contribution in [2.24, 2.45) is 5.92 Å². The fraction of sp³-hybridized carbons (Fsp3) is 0.440. The zero-order valence-corrected chi connectivity index (χ0v) is 17.6. The molecular weight excluding hydrogens is 363 g/mol. The topological polar surface area (TPSA) is 28.3 Å². The highest BCUT2D eigenvalue weighted by atomic mass is 19.1. The van der Waals surface area contributed by atoms with Crippen LogP contribution in [0.1, 0.15) is 55.2 Å². The highest BCUT2D eigenvalue weighted by Crippen LogP contribution is 2.39. The summed E-state index contributed by atoms with van der Waals surface area (Å²) in [4.78, 5) is 5.84. The minimum absolute atomic E-state index is 0.107. The second-order valence-electron chi connectivity index (χ2n) is 8.38. The van der Waals surface area contributed by atoms with Gasteiger partial charge in [-0.05, 0) is 68.6 Å². The Balaban J connectivity index is 1.54. The van der Waals surface area contributed by atoms with Gasteiger partial charge in [0.2, 0.25) is 0 Å². The number of ether oxygens (including phenoxy) is 1. The first-order chi connectivity index (χ1) is 14.1. The summed E-state index contributed by atoms with van der Waals surface area (Å²) in [6, 6.07) is 15.8. The van der Waals surface area contributed by atoms with Crippen LogP contribution >= 0.6 is 0 Å². The van der Waals surface area contributed by atoms with Crippen LogP contribution in [-0.2, 0) is 11.2 Å². The van der Waals surface area contributed by atoms with Crippen molar-refractivity contribution in [2.75, 3.05) is 20.7 Å². The van der Waals surface area contributed by atoms with Crippen LogP contribution < -0.4 is 0 Å². The number of H-pyrrole nitrogens is 1. The van der Waals surface area contributed by atoms with E-state index in [1.54, 1.807) is 6.07 Å². The van der Waals surface area contributed by atoms with E-state index >= 15 is 0 Å². The highest BCUT2D eigenvalue weighted by Gasteiger charge is 2.29. The van der Waals surface area contributed by atoms with Crippen LogP contribution in [-0.4, -0.2) is 30.6 Å². The normalized spacial score (nSPS) is 18.7. The average Bonchev–Trinajstić information content (AvgIpc) is 3.10. The van der Waals surface area contributed by atoms with Gasteiger partial charge in [-0.2, -0.15) is 0 Å². The summed E-state index contributed by atoms with van der Waals surface area (Å²) in [5.74, 6) is 0.271. The Morgan fingerprint density at radius 3 is 2.76 bits per heavy atom. The van der Waals surface area contributed by atoms with Crippen LogP contribution in [0.4, 0.5) is 4.39 Å². The first-order valence-electron chi connectivity index (χ1n) is 10.7. The molecule has 0 radical (unpaired) electrons. The van der Waals surface area contributed by atoms with Gasteiger partial charge in [0.05, 0.1) is 12.7 Å². The quantitative estimate of drug-likeness (QED) is 0.530. The zero-order valence-electron chi connectivity index (χ0n) is 17.6. The second kappa shape index (κ2) is 8.68. The summed E-state index contributed by atoms with van der Waals surface area (Å²) in [5.41, 5.74) is 4.92. The van der Waals surface area contributed by atoms with Crippen LogP contribution in [0.25, 0.3) is 10.9 Å². The molecule has 1 aromatic heterocycles. The second-order valence-corrected chi connectivity index (χ2v) is 8.38. The third-order valence-electron chi connectivity index (χ3n) is 6.36. The predicted octanol–water partition coefficient (Wildman–Crippen LogP) is 6.03. The molecule has 4 heteroatoms. The molecule has 2 heterocycles. The fourth-order valence-corrected chi connectivity index (χ4v) is 5.01. The Kier molecular flexibility index (Phi) is 6.02. The molecule has 0 amide bonds. The Morgan fingerprint density at radius 2 is 2.00 bits per heavy atom. The van der Waals surface area contributed by atoms with Gasteiger partial charge in [0, 0.05) is 22.6 Å². The molecule has 3 unspecified atom stereocenters. The molecule has 154 valence electrons. The highest BCUT2D eigenvalue weighted by molar-refractivity contribution is 5.85. The van der Waals surface area contributed by atoms with E-state index in [9.17, 15) is 4.39 Å². The van der Waals surface area contributed by atoms with Gasteiger partial charge in [0.15, 0.2) is 0 Å². The maximum absolute atomic E-state index is 13.9. The van der Waals surface area contributed by atoms with Crippen molar-refractivity contribution in [3.63, 3.8) is 0 Å². The van der Waals surface area contributed by atoms with E-state index in [1.807, 2.05) is 12.1 Å². The summed E-state index contributed by atoms with van der Waals surface area (Å²) in [5, 5.41) is 1.33. The van der Waals surface area contributed by atoms with Gasteiger partial charge in [0.1, 0.15) is 5.82 Å². The third-order valence-corrected chi connectivity index (χ3v) is 6.36. The zero-order chi connectivity index (χ0) is 20.4. The van der Waals surface area contributed by atoms with Crippen molar-refractivity contribution in [1.82, 2.24) is 9.88 Å². The molecule has 0 saturated heterocycles. The van der Waals surface area contributed by atoms with Crippen LogP contribution in [0.5, 0.6) is 0 Å². The minimum atomic E-state index is -0.164. The lowest BCUT2D eigenvalue weighted by Crippen LogP contribution is -2.28. The standard InChI is InChI=1S/C25H31FN2O/c1-4-17(25(28(2)3)18-8-7-9-19(26)16-18)12-13-23-24-21(14-15-29-23)20-10-5-6-11-22(20)27-24/h5-11,16-17,23,25,27H,4,12-15H2,1-3H3. The number of aromatic nitrogens is 1. The van der Waals surface area contributed by atoms with E-state index in [4.69, 9.17) is 4.74 Å². The molecule has 0 saturated carbocycles. The number of aromatic amines is 1. The number of fused-ring (bicyclic) bond motifs is 3. The van der Waals surface area contributed by atoms with Crippen molar-refractivity contribution in [1.29, 1.82) is 0 Å². The molecule has 0 aliphatic carbocycles. The molecule has 4 rings (SSSR count). The number of benzene rings is 2. The molecular formula is C25H31FN2O. The smallest absolute Gasteiger partial charge is 0.123 e. The van der Waals surface area contributed by atoms with E-state index in [0.29, 0.717) is 5.92 Å². The predicted molar refractivity (Wildman–Crippen MR) is 117 cm³/mol. The van der Waals surface area contributed by atoms with Crippen molar-refractivity contribution in [3.05, 3.63) is 71.2 Å². The van der Waals surface area contributed by atoms with Gasteiger partial charge in [-0.3, -0.25) is 0 Å². The summed E-state index contributed by atoms with van der Waals surface area (Å²) in [7, 11) is 4.18. The Morgan fingerprint density at radius 1 is 1.17 bits per heavy atom. The Hall–Kier alpha value is -2.17. The molecule has 0 spiro atoms. The average molecular weight is 395 g/mol. The summed E-state index contributed by atoms with van der Waals surface area (Å²) >= 11 is 0. The molecule has 0 bridgehead atoms. The lowest BCUT2D eigenvalue weighted by Gasteiger charge is -2.34. The molecule has 0 fully saturated rings. The molecule has 1 N–H and O–H groups in total. The lowest BCUT2D eigenvalue weighted by atomic mass is 9.85. The number of hydrogen-bond acceptors (Lipinski definition) is 2. The van der Waals surface area contributed by atoms with Gasteiger partial charge < -0.3 is 14.6 Å². The number of nitrogens with zero attached hydrogens (tertiary/aromatic N) is 1. The van der Waals surface area contributed by atoms with Gasteiger partial charge in [-0.15, -0.1) is 0 Å². The molecule has 2 aromatic carbocycles. The van der Waals surface area contributed by atoms with Gasteiger partial charge >= 0.3 is 0 Å². The Bertz CT molecular complexity index is 964. The lowest BCUT2D eigenvalue weighted by molar-refractivity contribution is 0.0265. The minimum Gasteiger partial charge on any atom is -0.372 e. The summed E-state index contributed by atoms with van der Waals surface area (Å²) < 4.78 is 20.0. The van der Waals surface area contributed by atoms with Crippen molar-refractivity contribution in [2.45, 2.75) is 44.8 Å². The summed E-state index contributed by atoms with van der Waals surface area (Å²) in [6.07, 6.45) is 4.13. The maximum atomic E-state index is 13.9. The first kappa shape index (κ1) is 20.1. The Labute approximate surface area is 172 Å². The fourth-order valence-electron chi connectivity index (χ4n) is 5.01. The molecule has 3 atom stereocenters. The molecule has 3 aromatic rings.